The van der Waals surface area contributed by atoms with Crippen LogP contribution < -0.4 is 10.1 Å². The SMILES string of the molecule is CCNCc1c(Oc2cc(Br)ccc2Cl)nc2sccn12. The van der Waals surface area contributed by atoms with Gasteiger partial charge >= 0.3 is 0 Å². The highest BCUT2D eigenvalue weighted by Gasteiger charge is 2.16. The Hall–Kier alpha value is -1.08. The van der Waals surface area contributed by atoms with Gasteiger partial charge in [-0.15, -0.1) is 11.3 Å². The van der Waals surface area contributed by atoms with Gasteiger partial charge in [0.1, 0.15) is 11.4 Å². The van der Waals surface area contributed by atoms with E-state index in [1.165, 1.54) is 0 Å². The van der Waals surface area contributed by atoms with Crippen molar-refractivity contribution in [2.24, 2.45) is 0 Å². The third-order valence-corrected chi connectivity index (χ3v) is 4.53. The van der Waals surface area contributed by atoms with E-state index in [1.807, 2.05) is 28.1 Å². The Labute approximate surface area is 139 Å². The first-order valence-corrected chi connectivity index (χ1v) is 8.52. The smallest absolute Gasteiger partial charge is 0.243 e. The fraction of sp³-hybridized carbons (Fsp3) is 0.214. The average Bonchev–Trinajstić information content (AvgIpc) is 3.02. The second-order valence-electron chi connectivity index (χ2n) is 4.38. The van der Waals surface area contributed by atoms with Gasteiger partial charge in [0.2, 0.25) is 5.88 Å². The van der Waals surface area contributed by atoms with Crippen molar-refractivity contribution in [2.45, 2.75) is 13.5 Å². The zero-order chi connectivity index (χ0) is 14.8. The molecule has 3 rings (SSSR count). The lowest BCUT2D eigenvalue weighted by atomic mass is 10.3. The lowest BCUT2D eigenvalue weighted by Gasteiger charge is -2.08. The largest absolute Gasteiger partial charge is 0.436 e. The molecule has 7 heteroatoms. The lowest BCUT2D eigenvalue weighted by Crippen LogP contribution is -2.13. The maximum atomic E-state index is 6.18. The van der Waals surface area contributed by atoms with E-state index in [4.69, 9.17) is 16.3 Å². The van der Waals surface area contributed by atoms with Crippen LogP contribution in [0.5, 0.6) is 11.6 Å². The standard InChI is InChI=1S/C14H13BrClN3OS/c1-2-17-8-11-13(18-14-19(11)5-6-21-14)20-12-7-9(15)3-4-10(12)16/h3-7,17H,2,8H2,1H3. The molecule has 0 saturated heterocycles. The Morgan fingerprint density at radius 1 is 1.48 bits per heavy atom. The number of ether oxygens (including phenoxy) is 1. The summed E-state index contributed by atoms with van der Waals surface area (Å²) >= 11 is 11.2. The summed E-state index contributed by atoms with van der Waals surface area (Å²) in [5.41, 5.74) is 0.990. The molecule has 0 bridgehead atoms. The molecule has 4 nitrogen and oxygen atoms in total. The molecule has 110 valence electrons. The lowest BCUT2D eigenvalue weighted by molar-refractivity contribution is 0.456. The summed E-state index contributed by atoms with van der Waals surface area (Å²) in [7, 11) is 0. The van der Waals surface area contributed by atoms with Crippen LogP contribution in [0.4, 0.5) is 0 Å². The van der Waals surface area contributed by atoms with Crippen LogP contribution in [0.15, 0.2) is 34.2 Å². The van der Waals surface area contributed by atoms with Gasteiger partial charge in [-0.3, -0.25) is 4.40 Å². The van der Waals surface area contributed by atoms with Crippen molar-refractivity contribution in [1.82, 2.24) is 14.7 Å². The van der Waals surface area contributed by atoms with E-state index >= 15 is 0 Å². The summed E-state index contributed by atoms with van der Waals surface area (Å²) in [6, 6.07) is 5.51. The van der Waals surface area contributed by atoms with Crippen LogP contribution in [0.3, 0.4) is 0 Å². The summed E-state index contributed by atoms with van der Waals surface area (Å²) in [6.45, 7) is 3.64. The predicted octanol–water partition coefficient (Wildman–Crippen LogP) is 4.71. The molecular formula is C14H13BrClN3OS. The number of benzene rings is 1. The highest BCUT2D eigenvalue weighted by molar-refractivity contribution is 9.10. The van der Waals surface area contributed by atoms with Crippen molar-refractivity contribution >= 4 is 43.8 Å². The fourth-order valence-corrected chi connectivity index (χ4v) is 3.18. The zero-order valence-corrected chi connectivity index (χ0v) is 14.4. The molecule has 0 saturated carbocycles. The van der Waals surface area contributed by atoms with E-state index in [9.17, 15) is 0 Å². The van der Waals surface area contributed by atoms with E-state index in [1.54, 1.807) is 17.4 Å². The quantitative estimate of drug-likeness (QED) is 0.690. The molecule has 3 aromatic rings. The summed E-state index contributed by atoms with van der Waals surface area (Å²) in [6.07, 6.45) is 2.00. The fourth-order valence-electron chi connectivity index (χ4n) is 1.96. The highest BCUT2D eigenvalue weighted by atomic mass is 79.9. The number of hydrogen-bond donors (Lipinski definition) is 1. The topological polar surface area (TPSA) is 38.6 Å². The van der Waals surface area contributed by atoms with E-state index in [-0.39, 0.29) is 0 Å². The van der Waals surface area contributed by atoms with Crippen LogP contribution in [-0.2, 0) is 6.54 Å². The first-order chi connectivity index (χ1) is 10.2. The van der Waals surface area contributed by atoms with Crippen LogP contribution in [-0.4, -0.2) is 15.9 Å². The summed E-state index contributed by atoms with van der Waals surface area (Å²) in [5.74, 6) is 1.18. The van der Waals surface area contributed by atoms with Gasteiger partial charge in [-0.25, -0.2) is 0 Å². The zero-order valence-electron chi connectivity index (χ0n) is 11.3. The van der Waals surface area contributed by atoms with Crippen molar-refractivity contribution in [2.75, 3.05) is 6.54 Å². The monoisotopic (exact) mass is 385 g/mol. The van der Waals surface area contributed by atoms with Crippen molar-refractivity contribution in [3.63, 3.8) is 0 Å². The van der Waals surface area contributed by atoms with Gasteiger partial charge in [0, 0.05) is 22.6 Å². The van der Waals surface area contributed by atoms with Gasteiger partial charge in [0.05, 0.1) is 5.02 Å². The molecule has 2 heterocycles. The number of hydrogen-bond acceptors (Lipinski definition) is 4. The molecule has 0 spiro atoms. The number of nitrogens with zero attached hydrogens (tertiary/aromatic N) is 2. The number of thiazole rings is 1. The molecule has 2 aromatic heterocycles. The minimum absolute atomic E-state index is 0.559. The number of aromatic nitrogens is 2. The molecule has 0 aliphatic rings. The van der Waals surface area contributed by atoms with E-state index in [2.05, 4.69) is 33.2 Å². The second kappa shape index (κ2) is 6.36. The molecular weight excluding hydrogens is 374 g/mol. The molecule has 0 aliphatic heterocycles. The maximum Gasteiger partial charge on any atom is 0.243 e. The first kappa shape index (κ1) is 14.8. The summed E-state index contributed by atoms with van der Waals surface area (Å²) < 4.78 is 8.88. The van der Waals surface area contributed by atoms with E-state index < -0.39 is 0 Å². The summed E-state index contributed by atoms with van der Waals surface area (Å²) in [4.78, 5) is 5.44. The molecule has 0 atom stereocenters. The number of fused-ring (bicyclic) bond motifs is 1. The van der Waals surface area contributed by atoms with Crippen LogP contribution >= 0.6 is 38.9 Å². The molecule has 1 N–H and O–H groups in total. The Morgan fingerprint density at radius 3 is 3.14 bits per heavy atom. The molecule has 1 aromatic carbocycles. The van der Waals surface area contributed by atoms with Crippen LogP contribution in [0.1, 0.15) is 12.6 Å². The molecule has 0 aliphatic carbocycles. The van der Waals surface area contributed by atoms with Crippen molar-refractivity contribution in [3.05, 3.63) is 45.0 Å². The van der Waals surface area contributed by atoms with E-state index in [0.717, 1.165) is 21.7 Å². The first-order valence-electron chi connectivity index (χ1n) is 6.47. The summed E-state index contributed by atoms with van der Waals surface area (Å²) in [5, 5.41) is 5.87. The second-order valence-corrected chi connectivity index (χ2v) is 6.57. The van der Waals surface area contributed by atoms with Crippen LogP contribution in [0.25, 0.3) is 4.96 Å². The predicted molar refractivity (Wildman–Crippen MR) is 89.7 cm³/mol. The van der Waals surface area contributed by atoms with Crippen LogP contribution in [0, 0.1) is 0 Å². The van der Waals surface area contributed by atoms with Crippen molar-refractivity contribution in [1.29, 1.82) is 0 Å². The Bertz CT molecular complexity index is 771. The molecule has 0 fully saturated rings. The van der Waals surface area contributed by atoms with E-state index in [0.29, 0.717) is 23.2 Å². The minimum Gasteiger partial charge on any atom is -0.436 e. The minimum atomic E-state index is 0.559. The van der Waals surface area contributed by atoms with Gasteiger partial charge in [0.25, 0.3) is 0 Å². The number of nitrogens with one attached hydrogen (secondary N) is 1. The normalized spacial score (nSPS) is 11.2. The number of halogens is 2. The van der Waals surface area contributed by atoms with Crippen molar-refractivity contribution < 1.29 is 4.74 Å². The Kier molecular flexibility index (Phi) is 4.49. The van der Waals surface area contributed by atoms with Gasteiger partial charge in [0.15, 0.2) is 4.96 Å². The molecule has 0 amide bonds. The third kappa shape index (κ3) is 3.08. The van der Waals surface area contributed by atoms with Crippen molar-refractivity contribution in [3.8, 4) is 11.6 Å². The highest BCUT2D eigenvalue weighted by Crippen LogP contribution is 2.34. The number of imidazole rings is 1. The number of rotatable bonds is 5. The molecule has 21 heavy (non-hydrogen) atoms. The average molecular weight is 387 g/mol. The molecule has 0 radical (unpaired) electrons. The van der Waals surface area contributed by atoms with Gasteiger partial charge in [-0.05, 0) is 24.7 Å². The Balaban J connectivity index is 1.99. The van der Waals surface area contributed by atoms with Gasteiger partial charge < -0.3 is 10.1 Å². The Morgan fingerprint density at radius 2 is 2.33 bits per heavy atom. The maximum absolute atomic E-state index is 6.18. The molecule has 0 unspecified atom stereocenters. The van der Waals surface area contributed by atoms with Gasteiger partial charge in [-0.1, -0.05) is 34.5 Å². The van der Waals surface area contributed by atoms with Gasteiger partial charge in [-0.2, -0.15) is 4.98 Å². The third-order valence-electron chi connectivity index (χ3n) is 2.97. The van der Waals surface area contributed by atoms with Crippen LogP contribution in [0.2, 0.25) is 5.02 Å².